The van der Waals surface area contributed by atoms with Crippen LogP contribution < -0.4 is 0 Å². The van der Waals surface area contributed by atoms with E-state index in [1.54, 1.807) is 0 Å². The van der Waals surface area contributed by atoms with Gasteiger partial charge in [0, 0.05) is 5.41 Å². The van der Waals surface area contributed by atoms with Gasteiger partial charge in [-0.2, -0.15) is 0 Å². The molecule has 104 valence electrons. The molecule has 0 aromatic rings. The van der Waals surface area contributed by atoms with Crippen LogP contribution in [0.15, 0.2) is 0 Å². The Labute approximate surface area is 103 Å². The first-order valence-corrected chi connectivity index (χ1v) is 6.26. The molecule has 0 radical (unpaired) electrons. The first-order valence-electron chi connectivity index (χ1n) is 6.26. The summed E-state index contributed by atoms with van der Waals surface area (Å²) < 4.78 is 4.63. The van der Waals surface area contributed by atoms with Crippen LogP contribution in [-0.4, -0.2) is 60.1 Å². The normalized spacial score (nSPS) is 18.4. The summed E-state index contributed by atoms with van der Waals surface area (Å²) in [6.07, 6.45) is 5.60. The van der Waals surface area contributed by atoms with Gasteiger partial charge in [0.2, 0.25) is 0 Å². The highest BCUT2D eigenvalue weighted by atomic mass is 16.5. The predicted octanol–water partition coefficient (Wildman–Crippen LogP) is -0.0909. The van der Waals surface area contributed by atoms with Crippen molar-refractivity contribution >= 4 is 0 Å². The molecule has 0 atom stereocenters. The Morgan fingerprint density at radius 3 is 1.53 bits per heavy atom. The molecule has 0 bridgehead atoms. The van der Waals surface area contributed by atoms with Gasteiger partial charge in [0.1, 0.15) is 0 Å². The highest BCUT2D eigenvalue weighted by Crippen LogP contribution is 2.34. The average molecular weight is 250 g/mol. The minimum Gasteiger partial charge on any atom is -0.396 e. The van der Waals surface area contributed by atoms with Crippen molar-refractivity contribution in [3.8, 4) is 0 Å². The van der Waals surface area contributed by atoms with E-state index in [9.17, 15) is 0 Å². The molecule has 5 heteroatoms. The van der Waals surface area contributed by atoms with Gasteiger partial charge < -0.3 is 25.2 Å². The smallest absolute Gasteiger partial charge is 0.0698 e. The Morgan fingerprint density at radius 1 is 0.765 bits per heavy atom. The molecule has 0 aromatic heterocycles. The van der Waals surface area contributed by atoms with Gasteiger partial charge in [0.15, 0.2) is 0 Å². The molecule has 0 spiro atoms. The largest absolute Gasteiger partial charge is 0.396 e. The maximum Gasteiger partial charge on any atom is 0.0698 e. The van der Waals surface area contributed by atoms with E-state index in [2.05, 4.69) is 4.74 Å². The van der Waals surface area contributed by atoms with Gasteiger partial charge in [0.05, 0.1) is 39.6 Å². The van der Waals surface area contributed by atoms with E-state index >= 15 is 0 Å². The first kappa shape index (κ1) is 16.8. The molecular weight excluding hydrogens is 224 g/mol. The molecule has 0 unspecified atom stereocenters. The second-order valence-electron chi connectivity index (χ2n) is 4.44. The van der Waals surface area contributed by atoms with E-state index in [0.717, 1.165) is 12.8 Å². The summed E-state index contributed by atoms with van der Waals surface area (Å²) in [5, 5.41) is 34.1. The second kappa shape index (κ2) is 10.9. The van der Waals surface area contributed by atoms with Crippen LogP contribution in [0.4, 0.5) is 0 Å². The number of hydrogen-bond acceptors (Lipinski definition) is 5. The van der Waals surface area contributed by atoms with Gasteiger partial charge in [-0.15, -0.1) is 0 Å². The number of aliphatic hydroxyl groups excluding tert-OH is 4. The Balaban J connectivity index is 0.000000325. The monoisotopic (exact) mass is 250 g/mol. The zero-order chi connectivity index (χ0) is 13.0. The molecule has 4 N–H and O–H groups in total. The fourth-order valence-electron chi connectivity index (χ4n) is 1.90. The fourth-order valence-corrected chi connectivity index (χ4v) is 1.90. The summed E-state index contributed by atoms with van der Waals surface area (Å²) in [6.45, 7) is 1.01. The van der Waals surface area contributed by atoms with Crippen molar-refractivity contribution in [1.29, 1.82) is 0 Å². The summed E-state index contributed by atoms with van der Waals surface area (Å²) in [6, 6.07) is 0. The lowest BCUT2D eigenvalue weighted by Crippen LogP contribution is -2.31. The molecule has 0 saturated heterocycles. The zero-order valence-electron chi connectivity index (χ0n) is 10.5. The average Bonchev–Trinajstić information content (AvgIpc) is 2.41. The van der Waals surface area contributed by atoms with Crippen LogP contribution in [0.2, 0.25) is 0 Å². The van der Waals surface area contributed by atoms with Crippen LogP contribution in [-0.2, 0) is 4.74 Å². The number of rotatable bonds is 6. The van der Waals surface area contributed by atoms with Crippen molar-refractivity contribution in [3.05, 3.63) is 0 Å². The third-order valence-corrected chi connectivity index (χ3v) is 3.06. The van der Waals surface area contributed by atoms with Crippen LogP contribution in [0, 0.1) is 5.41 Å². The minimum absolute atomic E-state index is 0.0278. The van der Waals surface area contributed by atoms with E-state index < -0.39 is 0 Å². The number of hydrogen-bond donors (Lipinski definition) is 4. The van der Waals surface area contributed by atoms with Crippen molar-refractivity contribution in [2.24, 2.45) is 5.41 Å². The number of ether oxygens (including phenoxy) is 1. The number of aliphatic hydroxyl groups is 4. The molecule has 0 heterocycles. The van der Waals surface area contributed by atoms with Gasteiger partial charge in [-0.3, -0.25) is 0 Å². The van der Waals surface area contributed by atoms with E-state index in [1.165, 1.54) is 19.3 Å². The minimum atomic E-state index is -0.127. The van der Waals surface area contributed by atoms with E-state index in [4.69, 9.17) is 20.4 Å². The van der Waals surface area contributed by atoms with Gasteiger partial charge in [-0.25, -0.2) is 0 Å². The summed E-state index contributed by atoms with van der Waals surface area (Å²) in [5.41, 5.74) is -0.127. The Hall–Kier alpha value is -0.200. The molecule has 0 aliphatic heterocycles. The van der Waals surface area contributed by atoms with Gasteiger partial charge in [0.25, 0.3) is 0 Å². The maximum atomic E-state index is 8.98. The molecule has 0 amide bonds. The molecular formula is C12H26O5. The van der Waals surface area contributed by atoms with Crippen molar-refractivity contribution in [3.63, 3.8) is 0 Å². The van der Waals surface area contributed by atoms with Crippen LogP contribution in [0.3, 0.4) is 0 Å². The molecule has 1 saturated carbocycles. The van der Waals surface area contributed by atoms with Crippen molar-refractivity contribution < 1.29 is 25.2 Å². The van der Waals surface area contributed by atoms with E-state index in [0.29, 0.717) is 13.2 Å². The Morgan fingerprint density at radius 2 is 1.24 bits per heavy atom. The van der Waals surface area contributed by atoms with Crippen molar-refractivity contribution in [1.82, 2.24) is 0 Å². The lowest BCUT2D eigenvalue weighted by Gasteiger charge is -2.33. The Kier molecular flexibility index (Phi) is 10.8. The molecule has 1 aliphatic carbocycles. The van der Waals surface area contributed by atoms with Crippen LogP contribution >= 0.6 is 0 Å². The third kappa shape index (κ3) is 7.68. The van der Waals surface area contributed by atoms with Gasteiger partial charge in [-0.05, 0) is 12.8 Å². The van der Waals surface area contributed by atoms with Crippen molar-refractivity contribution in [2.45, 2.75) is 32.1 Å². The van der Waals surface area contributed by atoms with E-state index in [-0.39, 0.29) is 31.8 Å². The Bertz CT molecular complexity index is 147. The highest BCUT2D eigenvalue weighted by molar-refractivity contribution is 4.80. The standard InChI is InChI=1S/C8H16O2.C4H10O3/c9-6-8(7-10)4-2-1-3-5-8;5-1-3-7-4-2-6/h9-10H,1-7H2;5-6H,1-4H2. The van der Waals surface area contributed by atoms with Crippen LogP contribution in [0.25, 0.3) is 0 Å². The van der Waals surface area contributed by atoms with Gasteiger partial charge in [-0.1, -0.05) is 19.3 Å². The second-order valence-corrected chi connectivity index (χ2v) is 4.44. The SMILES string of the molecule is OCC1(CO)CCCCC1.OCCOCCO. The van der Waals surface area contributed by atoms with Gasteiger partial charge >= 0.3 is 0 Å². The molecule has 0 aromatic carbocycles. The molecule has 1 rings (SSSR count). The molecule has 5 nitrogen and oxygen atoms in total. The van der Waals surface area contributed by atoms with Crippen molar-refractivity contribution in [2.75, 3.05) is 39.6 Å². The quantitative estimate of drug-likeness (QED) is 0.495. The summed E-state index contributed by atoms with van der Waals surface area (Å²) in [4.78, 5) is 0. The fraction of sp³-hybridized carbons (Fsp3) is 1.00. The molecule has 17 heavy (non-hydrogen) atoms. The maximum absolute atomic E-state index is 8.98. The summed E-state index contributed by atoms with van der Waals surface area (Å²) >= 11 is 0. The van der Waals surface area contributed by atoms with Crippen LogP contribution in [0.1, 0.15) is 32.1 Å². The lowest BCUT2D eigenvalue weighted by atomic mass is 9.75. The topological polar surface area (TPSA) is 90.2 Å². The third-order valence-electron chi connectivity index (χ3n) is 3.06. The molecule has 1 aliphatic rings. The predicted molar refractivity (Wildman–Crippen MR) is 64.7 cm³/mol. The van der Waals surface area contributed by atoms with Crippen LogP contribution in [0.5, 0.6) is 0 Å². The first-order chi connectivity index (χ1) is 8.24. The summed E-state index contributed by atoms with van der Waals surface area (Å²) in [5.74, 6) is 0. The summed E-state index contributed by atoms with van der Waals surface area (Å²) in [7, 11) is 0. The zero-order valence-corrected chi connectivity index (χ0v) is 10.5. The van der Waals surface area contributed by atoms with E-state index in [1.807, 2.05) is 0 Å². The lowest BCUT2D eigenvalue weighted by molar-refractivity contribution is 0.0234. The molecule has 1 fully saturated rings. The highest BCUT2D eigenvalue weighted by Gasteiger charge is 2.30.